The maximum atomic E-state index is 12.0. The van der Waals surface area contributed by atoms with Gasteiger partial charge in [0, 0.05) is 0 Å². The van der Waals surface area contributed by atoms with Crippen LogP contribution in [0.5, 0.6) is 11.5 Å². The third kappa shape index (κ3) is 4.99. The van der Waals surface area contributed by atoms with Crippen LogP contribution in [0.3, 0.4) is 0 Å². The second-order valence-corrected chi connectivity index (χ2v) is 6.30. The number of hydrogen-bond acceptors (Lipinski definition) is 6. The van der Waals surface area contributed by atoms with E-state index in [1.807, 2.05) is 12.1 Å². The van der Waals surface area contributed by atoms with Crippen molar-refractivity contribution in [2.75, 3.05) is 13.7 Å². The summed E-state index contributed by atoms with van der Waals surface area (Å²) in [7, 11) is 1.58. The molecule has 8 heteroatoms. The normalized spacial score (nSPS) is 11.2. The van der Waals surface area contributed by atoms with Crippen LogP contribution >= 0.6 is 12.2 Å². The van der Waals surface area contributed by atoms with Crippen LogP contribution in [0, 0.1) is 17.6 Å². The van der Waals surface area contributed by atoms with Crippen LogP contribution in [0.1, 0.15) is 31.5 Å². The summed E-state index contributed by atoms with van der Waals surface area (Å²) in [6, 6.07) is 5.45. The Morgan fingerprint density at radius 2 is 2.16 bits per heavy atom. The molecule has 0 spiro atoms. The standard InChI is InChI=1S/C17H22N4O3S/c1-11(2)7-8-24-14-6-5-13(9-15(14)23-4)10-18-21-16(22)12(3)19-20-17(21)25/h5-6,9-11H,7-8H2,1-4H3,(H,20,25). The van der Waals surface area contributed by atoms with E-state index in [4.69, 9.17) is 21.7 Å². The Kier molecular flexibility index (Phi) is 6.46. The molecule has 0 fully saturated rings. The molecular formula is C17H22N4O3S. The van der Waals surface area contributed by atoms with Crippen LogP contribution in [0.15, 0.2) is 28.1 Å². The Labute approximate surface area is 151 Å². The molecule has 2 aromatic rings. The van der Waals surface area contributed by atoms with E-state index in [9.17, 15) is 4.79 Å². The summed E-state index contributed by atoms with van der Waals surface area (Å²) in [6.45, 7) is 6.51. The van der Waals surface area contributed by atoms with Gasteiger partial charge in [-0.25, -0.2) is 0 Å². The number of H-pyrrole nitrogens is 1. The quantitative estimate of drug-likeness (QED) is 0.605. The van der Waals surface area contributed by atoms with E-state index in [2.05, 4.69) is 29.1 Å². The average Bonchev–Trinajstić information content (AvgIpc) is 2.58. The summed E-state index contributed by atoms with van der Waals surface area (Å²) in [6.07, 6.45) is 2.50. The van der Waals surface area contributed by atoms with Crippen LogP contribution in [0.25, 0.3) is 0 Å². The zero-order valence-corrected chi connectivity index (χ0v) is 15.6. The molecule has 0 saturated carbocycles. The molecule has 2 rings (SSSR count). The molecule has 1 heterocycles. The summed E-state index contributed by atoms with van der Waals surface area (Å²) in [5, 5.41) is 10.5. The number of aromatic nitrogens is 3. The van der Waals surface area contributed by atoms with Crippen LogP contribution in [-0.2, 0) is 0 Å². The SMILES string of the molecule is COc1cc(C=Nn2c(=S)[nH]nc(C)c2=O)ccc1OCCC(C)C. The predicted octanol–water partition coefficient (Wildman–Crippen LogP) is 2.93. The Morgan fingerprint density at radius 1 is 1.40 bits per heavy atom. The van der Waals surface area contributed by atoms with Gasteiger partial charge in [-0.2, -0.15) is 14.9 Å². The number of methoxy groups -OCH3 is 1. The molecule has 25 heavy (non-hydrogen) atoms. The van der Waals surface area contributed by atoms with Gasteiger partial charge < -0.3 is 9.47 Å². The van der Waals surface area contributed by atoms with Crippen molar-refractivity contribution in [3.63, 3.8) is 0 Å². The first kappa shape index (κ1) is 18.9. The zero-order chi connectivity index (χ0) is 18.4. The van der Waals surface area contributed by atoms with Crippen LogP contribution < -0.4 is 15.0 Å². The molecule has 7 nitrogen and oxygen atoms in total. The molecule has 134 valence electrons. The number of ether oxygens (including phenoxy) is 2. The van der Waals surface area contributed by atoms with Gasteiger partial charge in [-0.05, 0) is 55.2 Å². The first-order valence-corrected chi connectivity index (χ1v) is 8.36. The highest BCUT2D eigenvalue weighted by molar-refractivity contribution is 7.71. The number of nitrogens with zero attached hydrogens (tertiary/aromatic N) is 3. The molecule has 0 aliphatic heterocycles. The second kappa shape index (κ2) is 8.57. The fourth-order valence-corrected chi connectivity index (χ4v) is 2.17. The first-order valence-electron chi connectivity index (χ1n) is 7.96. The van der Waals surface area contributed by atoms with Crippen LogP contribution in [0.2, 0.25) is 0 Å². The molecule has 0 aliphatic rings. The minimum Gasteiger partial charge on any atom is -0.493 e. The van der Waals surface area contributed by atoms with Gasteiger partial charge in [0.2, 0.25) is 4.77 Å². The molecule has 0 amide bonds. The second-order valence-electron chi connectivity index (χ2n) is 5.92. The highest BCUT2D eigenvalue weighted by Gasteiger charge is 2.06. The molecule has 0 saturated heterocycles. The molecule has 0 aliphatic carbocycles. The molecule has 1 N–H and O–H groups in total. The fraction of sp³-hybridized carbons (Fsp3) is 0.412. The molecule has 1 aromatic heterocycles. The summed E-state index contributed by atoms with van der Waals surface area (Å²) >= 11 is 5.04. The smallest absolute Gasteiger partial charge is 0.296 e. The lowest BCUT2D eigenvalue weighted by Crippen LogP contribution is -2.22. The molecule has 0 bridgehead atoms. The third-order valence-electron chi connectivity index (χ3n) is 3.48. The van der Waals surface area contributed by atoms with Gasteiger partial charge >= 0.3 is 0 Å². The number of hydrogen-bond donors (Lipinski definition) is 1. The molecule has 0 radical (unpaired) electrons. The molecule has 0 unspecified atom stereocenters. The Bertz CT molecular complexity index is 871. The van der Waals surface area contributed by atoms with Crippen molar-refractivity contribution in [3.05, 3.63) is 44.6 Å². The summed E-state index contributed by atoms with van der Waals surface area (Å²) in [4.78, 5) is 12.0. The van der Waals surface area contributed by atoms with E-state index in [1.165, 1.54) is 6.21 Å². The minimum atomic E-state index is -0.361. The van der Waals surface area contributed by atoms with Gasteiger partial charge in [0.1, 0.15) is 5.69 Å². The van der Waals surface area contributed by atoms with E-state index in [-0.39, 0.29) is 16.0 Å². The first-order chi connectivity index (χ1) is 11.9. The van der Waals surface area contributed by atoms with Crippen molar-refractivity contribution in [1.82, 2.24) is 14.9 Å². The Hall–Kier alpha value is -2.48. The number of aryl methyl sites for hydroxylation is 1. The lowest BCUT2D eigenvalue weighted by molar-refractivity contribution is 0.273. The topological polar surface area (TPSA) is 81.5 Å². The van der Waals surface area contributed by atoms with E-state index in [0.29, 0.717) is 24.0 Å². The van der Waals surface area contributed by atoms with Gasteiger partial charge in [0.05, 0.1) is 19.9 Å². The van der Waals surface area contributed by atoms with Crippen molar-refractivity contribution in [3.8, 4) is 11.5 Å². The van der Waals surface area contributed by atoms with Gasteiger partial charge in [0.25, 0.3) is 5.56 Å². The Morgan fingerprint density at radius 3 is 2.84 bits per heavy atom. The summed E-state index contributed by atoms with van der Waals surface area (Å²) in [5.74, 6) is 1.86. The number of nitrogens with one attached hydrogen (secondary N) is 1. The Balaban J connectivity index is 2.22. The zero-order valence-electron chi connectivity index (χ0n) is 14.8. The number of rotatable bonds is 7. The highest BCUT2D eigenvalue weighted by Crippen LogP contribution is 2.27. The molecular weight excluding hydrogens is 340 g/mol. The minimum absolute atomic E-state index is 0.132. The van der Waals surface area contributed by atoms with Crippen molar-refractivity contribution in [2.45, 2.75) is 27.2 Å². The van der Waals surface area contributed by atoms with Gasteiger partial charge in [0.15, 0.2) is 11.5 Å². The van der Waals surface area contributed by atoms with Crippen molar-refractivity contribution in [2.24, 2.45) is 11.0 Å². The summed E-state index contributed by atoms with van der Waals surface area (Å²) < 4.78 is 12.4. The van der Waals surface area contributed by atoms with Gasteiger partial charge in [-0.1, -0.05) is 13.8 Å². The van der Waals surface area contributed by atoms with E-state index < -0.39 is 0 Å². The third-order valence-corrected chi connectivity index (χ3v) is 3.74. The predicted molar refractivity (Wildman–Crippen MR) is 99.4 cm³/mol. The number of benzene rings is 1. The maximum absolute atomic E-state index is 12.0. The number of aromatic amines is 1. The molecule has 0 atom stereocenters. The van der Waals surface area contributed by atoms with Crippen molar-refractivity contribution < 1.29 is 9.47 Å². The monoisotopic (exact) mass is 362 g/mol. The fourth-order valence-electron chi connectivity index (χ4n) is 1.99. The van der Waals surface area contributed by atoms with Crippen molar-refractivity contribution >= 4 is 18.4 Å². The van der Waals surface area contributed by atoms with Crippen LogP contribution in [0.4, 0.5) is 0 Å². The summed E-state index contributed by atoms with van der Waals surface area (Å²) in [5.41, 5.74) is 0.682. The maximum Gasteiger partial charge on any atom is 0.296 e. The lowest BCUT2D eigenvalue weighted by atomic mass is 10.1. The lowest BCUT2D eigenvalue weighted by Gasteiger charge is -2.12. The van der Waals surface area contributed by atoms with Gasteiger partial charge in [-0.3, -0.25) is 9.89 Å². The van der Waals surface area contributed by atoms with E-state index >= 15 is 0 Å². The highest BCUT2D eigenvalue weighted by atomic mass is 32.1. The van der Waals surface area contributed by atoms with Crippen LogP contribution in [-0.4, -0.2) is 34.8 Å². The van der Waals surface area contributed by atoms with Gasteiger partial charge in [-0.15, -0.1) is 0 Å². The average molecular weight is 362 g/mol. The largest absolute Gasteiger partial charge is 0.493 e. The molecule has 1 aromatic carbocycles. The van der Waals surface area contributed by atoms with Crippen molar-refractivity contribution in [1.29, 1.82) is 0 Å². The van der Waals surface area contributed by atoms with E-state index in [0.717, 1.165) is 16.7 Å². The van der Waals surface area contributed by atoms with E-state index in [1.54, 1.807) is 20.1 Å².